The summed E-state index contributed by atoms with van der Waals surface area (Å²) in [4.78, 5) is 28.1. The van der Waals surface area contributed by atoms with Crippen LogP contribution in [-0.2, 0) is 11.3 Å². The van der Waals surface area contributed by atoms with E-state index < -0.39 is 0 Å². The van der Waals surface area contributed by atoms with Crippen molar-refractivity contribution in [2.75, 3.05) is 27.1 Å². The molecule has 1 atom stereocenters. The molecule has 13 heteroatoms. The van der Waals surface area contributed by atoms with Crippen molar-refractivity contribution >= 4 is 40.6 Å². The number of carbonyl (C=O) groups excluding carboxylic acids is 2. The summed E-state index contributed by atoms with van der Waals surface area (Å²) in [6.07, 6.45) is 0.625. The number of thiophene rings is 1. The summed E-state index contributed by atoms with van der Waals surface area (Å²) in [7, 11) is 4.63. The lowest BCUT2D eigenvalue weighted by molar-refractivity contribution is -0.130. The zero-order valence-electron chi connectivity index (χ0n) is 26.9. The summed E-state index contributed by atoms with van der Waals surface area (Å²) >= 11 is 2.85. The Morgan fingerprint density at radius 2 is 1.69 bits per heavy atom. The van der Waals surface area contributed by atoms with Crippen LogP contribution in [0.2, 0.25) is 0 Å². The molecule has 48 heavy (non-hydrogen) atoms. The molecule has 0 fully saturated rings. The highest BCUT2D eigenvalue weighted by molar-refractivity contribution is 7.99. The van der Waals surface area contributed by atoms with Crippen LogP contribution < -0.4 is 19.5 Å². The fraction of sp³-hybridized carbons (Fsp3) is 0.229. The molecule has 1 unspecified atom stereocenters. The number of thioether (sulfide) groups is 1. The van der Waals surface area contributed by atoms with Crippen LogP contribution in [0.15, 0.2) is 94.5 Å². The Hall–Kier alpha value is -5.14. The van der Waals surface area contributed by atoms with E-state index in [9.17, 15) is 9.59 Å². The molecule has 2 amide bonds. The number of amides is 2. The zero-order valence-corrected chi connectivity index (χ0v) is 28.5. The first-order chi connectivity index (χ1) is 23.4. The van der Waals surface area contributed by atoms with Gasteiger partial charge in [0.15, 0.2) is 11.0 Å². The van der Waals surface area contributed by atoms with E-state index in [0.717, 1.165) is 21.7 Å². The number of benzene rings is 3. The first-order valence-corrected chi connectivity index (χ1v) is 17.0. The lowest BCUT2D eigenvalue weighted by atomic mass is 10.00. The molecule has 0 spiro atoms. The van der Waals surface area contributed by atoms with E-state index in [1.54, 1.807) is 46.2 Å². The fourth-order valence-electron chi connectivity index (χ4n) is 5.34. The number of aromatic nitrogens is 3. The molecule has 0 aliphatic carbocycles. The highest BCUT2D eigenvalue weighted by Gasteiger charge is 2.34. The van der Waals surface area contributed by atoms with Crippen LogP contribution >= 0.6 is 23.1 Å². The topological polar surface area (TPSA) is 120 Å². The molecule has 3 heterocycles. The van der Waals surface area contributed by atoms with Gasteiger partial charge in [0.1, 0.15) is 17.2 Å². The first-order valence-electron chi connectivity index (χ1n) is 15.1. The van der Waals surface area contributed by atoms with E-state index in [-0.39, 0.29) is 30.2 Å². The van der Waals surface area contributed by atoms with Crippen molar-refractivity contribution in [3.8, 4) is 22.9 Å². The molecule has 3 aromatic carbocycles. The van der Waals surface area contributed by atoms with Crippen molar-refractivity contribution in [2.45, 2.75) is 31.1 Å². The highest BCUT2D eigenvalue weighted by atomic mass is 32.2. The smallest absolute Gasteiger partial charge is 0.253 e. The summed E-state index contributed by atoms with van der Waals surface area (Å²) in [5.74, 6) is 1.58. The van der Waals surface area contributed by atoms with Gasteiger partial charge in [-0.15, -0.1) is 21.5 Å². The predicted molar refractivity (Wildman–Crippen MR) is 186 cm³/mol. The number of hydrogen-bond acceptors (Lipinski definition) is 10. The molecule has 6 rings (SSSR count). The summed E-state index contributed by atoms with van der Waals surface area (Å²) in [5.41, 5.74) is 4.10. The summed E-state index contributed by atoms with van der Waals surface area (Å²) in [5, 5.41) is 20.7. The van der Waals surface area contributed by atoms with Gasteiger partial charge in [0.2, 0.25) is 0 Å². The average molecular weight is 683 g/mol. The van der Waals surface area contributed by atoms with Crippen molar-refractivity contribution in [1.29, 1.82) is 0 Å². The van der Waals surface area contributed by atoms with Gasteiger partial charge >= 0.3 is 0 Å². The summed E-state index contributed by atoms with van der Waals surface area (Å²) in [6, 6.07) is 24.4. The van der Waals surface area contributed by atoms with E-state index in [1.807, 2.05) is 48.7 Å². The molecular weight excluding hydrogens is 649 g/mol. The minimum absolute atomic E-state index is 0.0496. The minimum Gasteiger partial charge on any atom is -0.497 e. The van der Waals surface area contributed by atoms with E-state index in [1.165, 1.54) is 26.0 Å². The normalized spacial score (nSPS) is 14.0. The molecule has 1 N–H and O–H groups in total. The van der Waals surface area contributed by atoms with Crippen LogP contribution in [0.3, 0.4) is 0 Å². The third-order valence-electron chi connectivity index (χ3n) is 7.81. The molecule has 0 saturated carbocycles. The molecule has 0 radical (unpaired) electrons. The molecule has 5 aromatic rings. The maximum atomic E-state index is 13.9. The number of hydrazone groups is 1. The monoisotopic (exact) mass is 682 g/mol. The van der Waals surface area contributed by atoms with E-state index in [4.69, 9.17) is 19.3 Å². The van der Waals surface area contributed by atoms with Crippen molar-refractivity contribution in [1.82, 2.24) is 25.1 Å². The van der Waals surface area contributed by atoms with Crippen molar-refractivity contribution in [3.63, 3.8) is 0 Å². The maximum absolute atomic E-state index is 13.9. The Labute approximate surface area is 286 Å². The molecule has 2 aromatic heterocycles. The number of hydrogen-bond donors (Lipinski definition) is 1. The lowest BCUT2D eigenvalue weighted by Gasteiger charge is -2.22. The second kappa shape index (κ2) is 14.7. The summed E-state index contributed by atoms with van der Waals surface area (Å²) in [6.45, 7) is 2.09. The van der Waals surface area contributed by atoms with E-state index >= 15 is 0 Å². The van der Waals surface area contributed by atoms with Crippen molar-refractivity contribution in [2.24, 2.45) is 5.10 Å². The van der Waals surface area contributed by atoms with Gasteiger partial charge in [0.25, 0.3) is 11.8 Å². The van der Waals surface area contributed by atoms with Gasteiger partial charge in [-0.25, -0.2) is 5.01 Å². The third-order valence-corrected chi connectivity index (χ3v) is 9.64. The molecule has 1 aliphatic heterocycles. The van der Waals surface area contributed by atoms with Crippen LogP contribution in [-0.4, -0.2) is 64.4 Å². The molecule has 1 aliphatic rings. The Kier molecular flexibility index (Phi) is 10.1. The maximum Gasteiger partial charge on any atom is 0.253 e. The fourth-order valence-corrected chi connectivity index (χ4v) is 6.87. The number of nitrogens with zero attached hydrogens (tertiary/aromatic N) is 5. The van der Waals surface area contributed by atoms with Gasteiger partial charge in [-0.3, -0.25) is 14.2 Å². The highest BCUT2D eigenvalue weighted by Crippen LogP contribution is 2.35. The van der Waals surface area contributed by atoms with Gasteiger partial charge < -0.3 is 19.5 Å². The Bertz CT molecular complexity index is 1920. The lowest BCUT2D eigenvalue weighted by Crippen LogP contribution is -2.28. The number of para-hydroxylation sites is 2. The van der Waals surface area contributed by atoms with Gasteiger partial charge in [-0.2, -0.15) is 5.10 Å². The minimum atomic E-state index is -0.346. The quantitative estimate of drug-likeness (QED) is 0.158. The first kappa shape index (κ1) is 32.8. The molecule has 246 valence electrons. The number of nitrogens with one attached hydrogen (secondary N) is 1. The Morgan fingerprint density at radius 3 is 2.38 bits per heavy atom. The predicted octanol–water partition coefficient (Wildman–Crippen LogP) is 6.06. The largest absolute Gasteiger partial charge is 0.497 e. The SMILES string of the molecule is COc1cc(OC)cc(C(=O)NCc2nnc(SCC(=O)N3N=C(c4cccs4)CC3c3ccc(C)cc3)n2-c2ccccc2OC)c1. The molecule has 0 saturated heterocycles. The number of ether oxygens (including phenoxy) is 3. The van der Waals surface area contributed by atoms with Gasteiger partial charge in [0.05, 0.1) is 55.9 Å². The Balaban J connectivity index is 1.25. The van der Waals surface area contributed by atoms with Gasteiger partial charge in [0, 0.05) is 18.1 Å². The van der Waals surface area contributed by atoms with Crippen LogP contribution in [0, 0.1) is 6.92 Å². The van der Waals surface area contributed by atoms with Crippen molar-refractivity contribution < 1.29 is 23.8 Å². The number of aryl methyl sites for hydroxylation is 1. The average Bonchev–Trinajstić information content (AvgIpc) is 3.90. The zero-order chi connectivity index (χ0) is 33.6. The van der Waals surface area contributed by atoms with E-state index in [2.05, 4.69) is 39.8 Å². The number of methoxy groups -OCH3 is 3. The number of carbonyl (C=O) groups is 2. The Morgan fingerprint density at radius 1 is 0.938 bits per heavy atom. The van der Waals surface area contributed by atoms with E-state index in [0.29, 0.717) is 45.9 Å². The van der Waals surface area contributed by atoms with Crippen LogP contribution in [0.4, 0.5) is 0 Å². The second-order valence-electron chi connectivity index (χ2n) is 10.9. The molecule has 0 bridgehead atoms. The van der Waals surface area contributed by atoms with Crippen LogP contribution in [0.1, 0.15) is 44.6 Å². The standard InChI is InChI=1S/C35H34N6O5S2/c1-22-11-13-23(14-12-22)29-19-27(31-10-7-15-47-31)39-41(29)33(42)21-48-35-38-37-32(40(35)28-8-5-6-9-30(28)46-4)20-36-34(43)24-16-25(44-2)18-26(17-24)45-3/h5-18,29H,19-21H2,1-4H3,(H,36,43). The van der Waals surface area contributed by atoms with Crippen LogP contribution in [0.25, 0.3) is 5.69 Å². The van der Waals surface area contributed by atoms with Gasteiger partial charge in [-0.1, -0.05) is 59.8 Å². The van der Waals surface area contributed by atoms with Gasteiger partial charge in [-0.05, 0) is 48.2 Å². The third kappa shape index (κ3) is 7.06. The summed E-state index contributed by atoms with van der Waals surface area (Å²) < 4.78 is 18.1. The van der Waals surface area contributed by atoms with Crippen molar-refractivity contribution in [3.05, 3.63) is 112 Å². The molecular formula is C35H34N6O5S2. The molecule has 11 nitrogen and oxygen atoms in total. The second-order valence-corrected chi connectivity index (χ2v) is 12.8. The number of rotatable bonds is 12. The van der Waals surface area contributed by atoms with Crippen LogP contribution in [0.5, 0.6) is 17.2 Å².